The summed E-state index contributed by atoms with van der Waals surface area (Å²) < 4.78 is 5.28. The van der Waals surface area contributed by atoms with Gasteiger partial charge in [0.25, 0.3) is 0 Å². The SMILES string of the molecule is CCOCCCN(C)Cc1ccc(C(=O)O)cc1. The molecule has 1 aromatic carbocycles. The number of hydrogen-bond donors (Lipinski definition) is 1. The first-order valence-electron chi connectivity index (χ1n) is 6.22. The first-order chi connectivity index (χ1) is 8.63. The van der Waals surface area contributed by atoms with Crippen LogP contribution in [0.4, 0.5) is 0 Å². The maximum absolute atomic E-state index is 10.7. The maximum Gasteiger partial charge on any atom is 0.335 e. The average Bonchev–Trinajstić information content (AvgIpc) is 2.35. The summed E-state index contributed by atoms with van der Waals surface area (Å²) in [6.45, 7) is 5.35. The van der Waals surface area contributed by atoms with E-state index in [4.69, 9.17) is 9.84 Å². The smallest absolute Gasteiger partial charge is 0.335 e. The number of carboxylic acid groups (broad SMARTS) is 1. The summed E-state index contributed by atoms with van der Waals surface area (Å²) in [5.41, 5.74) is 1.46. The summed E-state index contributed by atoms with van der Waals surface area (Å²) in [5, 5.41) is 8.80. The van der Waals surface area contributed by atoms with E-state index in [-0.39, 0.29) is 0 Å². The Morgan fingerprint density at radius 1 is 1.33 bits per heavy atom. The van der Waals surface area contributed by atoms with Crippen LogP contribution in [0.2, 0.25) is 0 Å². The molecule has 0 amide bonds. The highest BCUT2D eigenvalue weighted by molar-refractivity contribution is 5.87. The van der Waals surface area contributed by atoms with Gasteiger partial charge in [-0.2, -0.15) is 0 Å². The van der Waals surface area contributed by atoms with E-state index in [0.29, 0.717) is 5.56 Å². The van der Waals surface area contributed by atoms with Crippen LogP contribution in [-0.4, -0.2) is 42.8 Å². The van der Waals surface area contributed by atoms with Crippen molar-refractivity contribution < 1.29 is 14.6 Å². The zero-order chi connectivity index (χ0) is 13.4. The van der Waals surface area contributed by atoms with E-state index in [9.17, 15) is 4.79 Å². The lowest BCUT2D eigenvalue weighted by molar-refractivity contribution is 0.0697. The Hall–Kier alpha value is -1.39. The molecular weight excluding hydrogens is 230 g/mol. The highest BCUT2D eigenvalue weighted by atomic mass is 16.5. The van der Waals surface area contributed by atoms with E-state index in [1.54, 1.807) is 12.1 Å². The molecule has 0 bridgehead atoms. The van der Waals surface area contributed by atoms with Crippen LogP contribution < -0.4 is 0 Å². The van der Waals surface area contributed by atoms with Crippen molar-refractivity contribution in [3.63, 3.8) is 0 Å². The van der Waals surface area contributed by atoms with Gasteiger partial charge in [0.1, 0.15) is 0 Å². The second-order valence-corrected chi connectivity index (χ2v) is 4.29. The van der Waals surface area contributed by atoms with Crippen LogP contribution in [0.25, 0.3) is 0 Å². The van der Waals surface area contributed by atoms with Gasteiger partial charge in [0.05, 0.1) is 5.56 Å². The minimum atomic E-state index is -0.883. The largest absolute Gasteiger partial charge is 0.478 e. The highest BCUT2D eigenvalue weighted by Crippen LogP contribution is 2.07. The lowest BCUT2D eigenvalue weighted by Crippen LogP contribution is -2.20. The zero-order valence-electron chi connectivity index (χ0n) is 11.1. The molecule has 1 aromatic rings. The fourth-order valence-corrected chi connectivity index (χ4v) is 1.72. The van der Waals surface area contributed by atoms with Crippen molar-refractivity contribution in [3.8, 4) is 0 Å². The Balaban J connectivity index is 2.35. The topological polar surface area (TPSA) is 49.8 Å². The third-order valence-electron chi connectivity index (χ3n) is 2.69. The minimum absolute atomic E-state index is 0.331. The minimum Gasteiger partial charge on any atom is -0.478 e. The number of rotatable bonds is 8. The van der Waals surface area contributed by atoms with E-state index >= 15 is 0 Å². The molecule has 0 saturated carbocycles. The Morgan fingerprint density at radius 3 is 2.56 bits per heavy atom. The van der Waals surface area contributed by atoms with Crippen molar-refractivity contribution >= 4 is 5.97 Å². The molecule has 0 aliphatic heterocycles. The van der Waals surface area contributed by atoms with Crippen molar-refractivity contribution in [1.82, 2.24) is 4.90 Å². The molecule has 0 aliphatic carbocycles. The molecule has 0 aliphatic rings. The number of aromatic carboxylic acids is 1. The van der Waals surface area contributed by atoms with Gasteiger partial charge in [-0.3, -0.25) is 0 Å². The van der Waals surface area contributed by atoms with Gasteiger partial charge in [0.15, 0.2) is 0 Å². The summed E-state index contributed by atoms with van der Waals surface area (Å²) in [7, 11) is 2.05. The van der Waals surface area contributed by atoms with E-state index < -0.39 is 5.97 Å². The average molecular weight is 251 g/mol. The van der Waals surface area contributed by atoms with Gasteiger partial charge in [-0.05, 0) is 38.1 Å². The van der Waals surface area contributed by atoms with E-state index in [1.807, 2.05) is 19.1 Å². The molecule has 100 valence electrons. The van der Waals surface area contributed by atoms with Crippen molar-refractivity contribution in [3.05, 3.63) is 35.4 Å². The molecule has 0 aromatic heterocycles. The number of ether oxygens (including phenoxy) is 1. The van der Waals surface area contributed by atoms with Crippen molar-refractivity contribution in [1.29, 1.82) is 0 Å². The van der Waals surface area contributed by atoms with E-state index in [0.717, 1.165) is 38.3 Å². The second kappa shape index (κ2) is 7.84. The predicted molar refractivity (Wildman–Crippen MR) is 70.8 cm³/mol. The Morgan fingerprint density at radius 2 is 2.00 bits per heavy atom. The van der Waals surface area contributed by atoms with Gasteiger partial charge in [-0.1, -0.05) is 12.1 Å². The van der Waals surface area contributed by atoms with Crippen molar-refractivity contribution in [2.24, 2.45) is 0 Å². The second-order valence-electron chi connectivity index (χ2n) is 4.29. The molecule has 0 unspecified atom stereocenters. The fraction of sp³-hybridized carbons (Fsp3) is 0.500. The summed E-state index contributed by atoms with van der Waals surface area (Å²) in [4.78, 5) is 12.9. The van der Waals surface area contributed by atoms with Gasteiger partial charge >= 0.3 is 5.97 Å². The van der Waals surface area contributed by atoms with Crippen LogP contribution in [0.1, 0.15) is 29.3 Å². The van der Waals surface area contributed by atoms with Gasteiger partial charge < -0.3 is 14.7 Å². The lowest BCUT2D eigenvalue weighted by atomic mass is 10.1. The predicted octanol–water partition coefficient (Wildman–Crippen LogP) is 2.24. The molecule has 1 rings (SSSR count). The number of benzene rings is 1. The standard InChI is InChI=1S/C14H21NO3/c1-3-18-10-4-9-15(2)11-12-5-7-13(8-6-12)14(16)17/h5-8H,3-4,9-11H2,1-2H3,(H,16,17). The molecule has 4 nitrogen and oxygen atoms in total. The zero-order valence-corrected chi connectivity index (χ0v) is 11.1. The van der Waals surface area contributed by atoms with Gasteiger partial charge in [-0.25, -0.2) is 4.79 Å². The molecule has 0 spiro atoms. The highest BCUT2D eigenvalue weighted by Gasteiger charge is 2.03. The number of carboxylic acids is 1. The molecular formula is C14H21NO3. The van der Waals surface area contributed by atoms with E-state index in [1.165, 1.54) is 0 Å². The monoisotopic (exact) mass is 251 g/mol. The quantitative estimate of drug-likeness (QED) is 0.720. The van der Waals surface area contributed by atoms with Crippen LogP contribution in [0.3, 0.4) is 0 Å². The number of carbonyl (C=O) groups is 1. The van der Waals surface area contributed by atoms with Gasteiger partial charge in [-0.15, -0.1) is 0 Å². The first-order valence-corrected chi connectivity index (χ1v) is 6.22. The summed E-state index contributed by atoms with van der Waals surface area (Å²) >= 11 is 0. The summed E-state index contributed by atoms with van der Waals surface area (Å²) in [6.07, 6.45) is 1.01. The van der Waals surface area contributed by atoms with Crippen LogP contribution >= 0.6 is 0 Å². The van der Waals surface area contributed by atoms with E-state index in [2.05, 4.69) is 11.9 Å². The Kier molecular flexibility index (Phi) is 6.39. The Bertz CT molecular complexity index is 362. The summed E-state index contributed by atoms with van der Waals surface area (Å²) in [5.74, 6) is -0.883. The molecule has 4 heteroatoms. The molecule has 0 radical (unpaired) electrons. The number of nitrogens with zero attached hydrogens (tertiary/aromatic N) is 1. The van der Waals surface area contributed by atoms with Crippen LogP contribution in [0, 0.1) is 0 Å². The van der Waals surface area contributed by atoms with Gasteiger partial charge in [0, 0.05) is 26.3 Å². The third-order valence-corrected chi connectivity index (χ3v) is 2.69. The van der Waals surface area contributed by atoms with Crippen LogP contribution in [0.15, 0.2) is 24.3 Å². The van der Waals surface area contributed by atoms with Crippen molar-refractivity contribution in [2.45, 2.75) is 19.9 Å². The maximum atomic E-state index is 10.7. The molecule has 0 saturated heterocycles. The molecule has 0 heterocycles. The molecule has 0 fully saturated rings. The normalized spacial score (nSPS) is 10.8. The molecule has 1 N–H and O–H groups in total. The molecule has 18 heavy (non-hydrogen) atoms. The Labute approximate surface area is 108 Å². The van der Waals surface area contributed by atoms with Crippen molar-refractivity contribution in [2.75, 3.05) is 26.8 Å². The molecule has 0 atom stereocenters. The number of hydrogen-bond acceptors (Lipinski definition) is 3. The van der Waals surface area contributed by atoms with Gasteiger partial charge in [0.2, 0.25) is 0 Å². The summed E-state index contributed by atoms with van der Waals surface area (Å²) in [6, 6.07) is 7.02. The lowest BCUT2D eigenvalue weighted by Gasteiger charge is -2.16. The third kappa shape index (κ3) is 5.29. The first kappa shape index (κ1) is 14.7. The van der Waals surface area contributed by atoms with Crippen LogP contribution in [0.5, 0.6) is 0 Å². The fourth-order valence-electron chi connectivity index (χ4n) is 1.72. The van der Waals surface area contributed by atoms with Crippen LogP contribution in [-0.2, 0) is 11.3 Å².